The summed E-state index contributed by atoms with van der Waals surface area (Å²) in [6, 6.07) is -0.471. The normalized spacial score (nSPS) is 12.1. The second-order valence-corrected chi connectivity index (χ2v) is 6.43. The van der Waals surface area contributed by atoms with Crippen LogP contribution in [0, 0.1) is 13.8 Å². The molecule has 2 heterocycles. The number of nitrogens with one attached hydrogen (secondary N) is 2. The molecule has 2 aromatic heterocycles. The van der Waals surface area contributed by atoms with Crippen LogP contribution < -0.4 is 10.6 Å². The van der Waals surface area contributed by atoms with Gasteiger partial charge < -0.3 is 15.7 Å². The molecular weight excluding hydrogens is 316 g/mol. The third kappa shape index (κ3) is 3.95. The quantitative estimate of drug-likeness (QED) is 0.715. The van der Waals surface area contributed by atoms with Crippen molar-refractivity contribution >= 4 is 39.2 Å². The topological polar surface area (TPSA) is 104 Å². The summed E-state index contributed by atoms with van der Waals surface area (Å²) in [6.45, 7) is 6.04. The molecule has 0 aliphatic carbocycles. The average molecular weight is 336 g/mol. The van der Waals surface area contributed by atoms with Crippen LogP contribution in [0.15, 0.2) is 6.33 Å². The summed E-state index contributed by atoms with van der Waals surface area (Å²) in [5.41, 5.74) is 1.11. The number of rotatable bonds is 7. The van der Waals surface area contributed by atoms with E-state index in [1.54, 1.807) is 11.3 Å². The van der Waals surface area contributed by atoms with Crippen LogP contribution in [0.1, 0.15) is 30.2 Å². The van der Waals surface area contributed by atoms with Crippen molar-refractivity contribution in [3.63, 3.8) is 0 Å². The van der Waals surface area contributed by atoms with Crippen molar-refractivity contribution < 1.29 is 14.7 Å². The van der Waals surface area contributed by atoms with Gasteiger partial charge in [-0.1, -0.05) is 6.92 Å². The highest BCUT2D eigenvalue weighted by atomic mass is 32.1. The van der Waals surface area contributed by atoms with Gasteiger partial charge in [0.2, 0.25) is 5.91 Å². The lowest BCUT2D eigenvalue weighted by molar-refractivity contribution is -0.136. The number of hydrogen-bond donors (Lipinski definition) is 3. The highest BCUT2D eigenvalue weighted by Gasteiger charge is 2.19. The van der Waals surface area contributed by atoms with Gasteiger partial charge in [-0.25, -0.2) is 9.97 Å². The first kappa shape index (κ1) is 17.1. The predicted octanol–water partition coefficient (Wildman–Crippen LogP) is 2.09. The number of amides is 1. The van der Waals surface area contributed by atoms with Crippen molar-refractivity contribution in [1.29, 1.82) is 0 Å². The fourth-order valence-electron chi connectivity index (χ4n) is 2.23. The van der Waals surface area contributed by atoms with Crippen LogP contribution in [-0.2, 0) is 9.59 Å². The SMILES string of the molecule is CCC(Nc1ncnc2sc(C)c(C)c12)C(=O)NCCC(=O)O. The molecule has 0 radical (unpaired) electrons. The maximum atomic E-state index is 12.2. The van der Waals surface area contributed by atoms with Gasteiger partial charge in [-0.3, -0.25) is 9.59 Å². The van der Waals surface area contributed by atoms with Gasteiger partial charge in [0.15, 0.2) is 0 Å². The number of carboxylic acids is 1. The second-order valence-electron chi connectivity index (χ2n) is 5.23. The van der Waals surface area contributed by atoms with E-state index in [2.05, 4.69) is 20.6 Å². The van der Waals surface area contributed by atoms with E-state index in [1.165, 1.54) is 11.2 Å². The minimum absolute atomic E-state index is 0.0945. The maximum Gasteiger partial charge on any atom is 0.305 e. The third-order valence-corrected chi connectivity index (χ3v) is 4.75. The van der Waals surface area contributed by atoms with Crippen molar-refractivity contribution in [3.05, 3.63) is 16.8 Å². The minimum Gasteiger partial charge on any atom is -0.481 e. The number of aromatic nitrogens is 2. The van der Waals surface area contributed by atoms with Crippen molar-refractivity contribution in [2.24, 2.45) is 0 Å². The Bertz CT molecular complexity index is 729. The molecule has 3 N–H and O–H groups in total. The molecule has 2 aromatic rings. The Labute approximate surface area is 138 Å². The second kappa shape index (κ2) is 7.36. The summed E-state index contributed by atoms with van der Waals surface area (Å²) in [7, 11) is 0. The fraction of sp³-hybridized carbons (Fsp3) is 0.467. The fourth-order valence-corrected chi connectivity index (χ4v) is 3.22. The Hall–Kier alpha value is -2.22. The van der Waals surface area contributed by atoms with Crippen molar-refractivity contribution in [2.75, 3.05) is 11.9 Å². The van der Waals surface area contributed by atoms with E-state index in [4.69, 9.17) is 5.11 Å². The lowest BCUT2D eigenvalue weighted by Crippen LogP contribution is -2.40. The average Bonchev–Trinajstić information content (AvgIpc) is 2.80. The number of aliphatic carboxylic acids is 1. The predicted molar refractivity (Wildman–Crippen MR) is 89.9 cm³/mol. The molecular formula is C15H20N4O3S. The molecule has 0 saturated heterocycles. The molecule has 0 saturated carbocycles. The lowest BCUT2D eigenvalue weighted by atomic mass is 10.1. The molecule has 0 spiro atoms. The molecule has 8 heteroatoms. The monoisotopic (exact) mass is 336 g/mol. The maximum absolute atomic E-state index is 12.2. The van der Waals surface area contributed by atoms with Crippen molar-refractivity contribution in [3.8, 4) is 0 Å². The molecule has 0 aliphatic rings. The molecule has 1 amide bonds. The third-order valence-electron chi connectivity index (χ3n) is 3.64. The summed E-state index contributed by atoms with van der Waals surface area (Å²) >= 11 is 1.60. The van der Waals surface area contributed by atoms with Gasteiger partial charge in [-0.15, -0.1) is 11.3 Å². The molecule has 2 rings (SSSR count). The van der Waals surface area contributed by atoms with Crippen LogP contribution in [0.5, 0.6) is 0 Å². The molecule has 0 bridgehead atoms. The van der Waals surface area contributed by atoms with Crippen LogP contribution in [0.4, 0.5) is 5.82 Å². The van der Waals surface area contributed by atoms with Crippen molar-refractivity contribution in [2.45, 2.75) is 39.7 Å². The zero-order chi connectivity index (χ0) is 17.0. The van der Waals surface area contributed by atoms with Gasteiger partial charge in [-0.05, 0) is 25.8 Å². The Morgan fingerprint density at radius 3 is 2.74 bits per heavy atom. The molecule has 23 heavy (non-hydrogen) atoms. The van der Waals surface area contributed by atoms with Crippen LogP contribution in [0.2, 0.25) is 0 Å². The van der Waals surface area contributed by atoms with Gasteiger partial charge in [0.25, 0.3) is 0 Å². The molecule has 1 unspecified atom stereocenters. The standard InChI is InChI=1S/C15H20N4O3S/c1-4-10(14(22)16-6-5-11(20)21)19-13-12-8(2)9(3)23-15(12)18-7-17-13/h7,10H,4-6H2,1-3H3,(H,16,22)(H,20,21)(H,17,18,19). The summed E-state index contributed by atoms with van der Waals surface area (Å²) in [5, 5.41) is 15.4. The highest BCUT2D eigenvalue weighted by molar-refractivity contribution is 7.18. The Balaban J connectivity index is 2.15. The van der Waals surface area contributed by atoms with Gasteiger partial charge in [0.05, 0.1) is 11.8 Å². The van der Waals surface area contributed by atoms with E-state index in [-0.39, 0.29) is 18.9 Å². The van der Waals surface area contributed by atoms with Gasteiger partial charge in [0.1, 0.15) is 23.0 Å². The number of nitrogens with zero attached hydrogens (tertiary/aromatic N) is 2. The van der Waals surface area contributed by atoms with E-state index < -0.39 is 12.0 Å². The van der Waals surface area contributed by atoms with E-state index in [0.717, 1.165) is 15.8 Å². The Morgan fingerprint density at radius 1 is 1.35 bits per heavy atom. The van der Waals surface area contributed by atoms with E-state index >= 15 is 0 Å². The summed E-state index contributed by atoms with van der Waals surface area (Å²) in [6.07, 6.45) is 1.95. The van der Waals surface area contributed by atoms with E-state index in [9.17, 15) is 9.59 Å². The van der Waals surface area contributed by atoms with Gasteiger partial charge in [-0.2, -0.15) is 0 Å². The number of thiophene rings is 1. The first-order valence-corrected chi connectivity index (χ1v) is 8.22. The number of anilines is 1. The minimum atomic E-state index is -0.937. The molecule has 0 aliphatic heterocycles. The number of fused-ring (bicyclic) bond motifs is 1. The smallest absolute Gasteiger partial charge is 0.305 e. The zero-order valence-electron chi connectivity index (χ0n) is 13.3. The summed E-state index contributed by atoms with van der Waals surface area (Å²) < 4.78 is 0. The molecule has 7 nitrogen and oxygen atoms in total. The number of hydrogen-bond acceptors (Lipinski definition) is 6. The number of carboxylic acid groups (broad SMARTS) is 1. The van der Waals surface area contributed by atoms with Crippen LogP contribution in [0.25, 0.3) is 10.2 Å². The van der Waals surface area contributed by atoms with Crippen LogP contribution in [0.3, 0.4) is 0 Å². The number of aryl methyl sites for hydroxylation is 2. The molecule has 0 fully saturated rings. The first-order valence-electron chi connectivity index (χ1n) is 7.40. The lowest BCUT2D eigenvalue weighted by Gasteiger charge is -2.17. The Kier molecular flexibility index (Phi) is 5.49. The van der Waals surface area contributed by atoms with E-state index in [1.807, 2.05) is 20.8 Å². The molecule has 0 aromatic carbocycles. The largest absolute Gasteiger partial charge is 0.481 e. The van der Waals surface area contributed by atoms with Crippen LogP contribution >= 0.6 is 11.3 Å². The zero-order valence-corrected chi connectivity index (χ0v) is 14.2. The summed E-state index contributed by atoms with van der Waals surface area (Å²) in [4.78, 5) is 33.3. The van der Waals surface area contributed by atoms with Gasteiger partial charge >= 0.3 is 5.97 Å². The van der Waals surface area contributed by atoms with E-state index in [0.29, 0.717) is 12.2 Å². The number of carbonyl (C=O) groups is 2. The summed E-state index contributed by atoms with van der Waals surface area (Å²) in [5.74, 6) is -0.532. The van der Waals surface area contributed by atoms with Crippen LogP contribution in [-0.4, -0.2) is 39.5 Å². The highest BCUT2D eigenvalue weighted by Crippen LogP contribution is 2.32. The van der Waals surface area contributed by atoms with Gasteiger partial charge in [0, 0.05) is 11.4 Å². The molecule has 124 valence electrons. The molecule has 1 atom stereocenters. The first-order chi connectivity index (χ1) is 10.9. The Morgan fingerprint density at radius 2 is 2.09 bits per heavy atom. The number of carbonyl (C=O) groups excluding carboxylic acids is 1. The van der Waals surface area contributed by atoms with Crippen molar-refractivity contribution in [1.82, 2.24) is 15.3 Å².